The van der Waals surface area contributed by atoms with Crippen LogP contribution in [0.2, 0.25) is 0 Å². The summed E-state index contributed by atoms with van der Waals surface area (Å²) in [5.41, 5.74) is 0. The van der Waals surface area contributed by atoms with E-state index in [0.29, 0.717) is 0 Å². The average molecular weight is 281 g/mol. The number of carbonyl (C=O) groups is 1. The van der Waals surface area contributed by atoms with Crippen molar-refractivity contribution >= 4 is 5.97 Å². The first-order valence-electron chi connectivity index (χ1n) is 6.01. The largest absolute Gasteiger partial charge is 0.480 e. The summed E-state index contributed by atoms with van der Waals surface area (Å²) in [6, 6.07) is -0.901. The molecule has 0 rings (SSSR count). The second-order valence-electron chi connectivity index (χ2n) is 4.77. The van der Waals surface area contributed by atoms with Crippen molar-refractivity contribution in [3.05, 3.63) is 0 Å². The minimum Gasteiger partial charge on any atom is -0.480 e. The van der Waals surface area contributed by atoms with Crippen molar-refractivity contribution in [2.45, 2.75) is 44.3 Å². The maximum atomic E-state index is 10.9. The van der Waals surface area contributed by atoms with Crippen LogP contribution in [0.15, 0.2) is 0 Å². The van der Waals surface area contributed by atoms with Crippen LogP contribution >= 0.6 is 0 Å². The smallest absolute Gasteiger partial charge is 0.320 e. The van der Waals surface area contributed by atoms with Crippen LogP contribution in [0.25, 0.3) is 0 Å². The lowest BCUT2D eigenvalue weighted by molar-refractivity contribution is -0.141. The first-order valence-corrected chi connectivity index (χ1v) is 6.01. The van der Waals surface area contributed by atoms with Crippen LogP contribution in [0.4, 0.5) is 0 Å². The lowest BCUT2D eigenvalue weighted by atomic mass is 10.0. The van der Waals surface area contributed by atoms with E-state index in [1.54, 1.807) is 13.8 Å². The van der Waals surface area contributed by atoms with Gasteiger partial charge in [0.2, 0.25) is 0 Å². The maximum absolute atomic E-state index is 10.9. The van der Waals surface area contributed by atoms with Gasteiger partial charge in [-0.25, -0.2) is 0 Å². The Morgan fingerprint density at radius 1 is 1.05 bits per heavy atom. The quantitative estimate of drug-likeness (QED) is 0.238. The fourth-order valence-electron chi connectivity index (χ4n) is 1.54. The van der Waals surface area contributed by atoms with Crippen LogP contribution in [0.5, 0.6) is 0 Å². The fraction of sp³-hybridized carbons (Fsp3) is 0.909. The zero-order valence-corrected chi connectivity index (χ0v) is 11.0. The molecule has 0 heterocycles. The van der Waals surface area contributed by atoms with E-state index in [1.807, 2.05) is 0 Å². The van der Waals surface area contributed by atoms with Crippen molar-refractivity contribution in [2.24, 2.45) is 5.92 Å². The molecule has 0 aromatic rings. The summed E-state index contributed by atoms with van der Waals surface area (Å²) in [6.45, 7) is 2.32. The molecule has 19 heavy (non-hydrogen) atoms. The molecule has 0 aromatic heterocycles. The minimum atomic E-state index is -1.72. The first kappa shape index (κ1) is 18.2. The van der Waals surface area contributed by atoms with Crippen molar-refractivity contribution < 1.29 is 35.4 Å². The molecule has 0 spiro atoms. The van der Waals surface area contributed by atoms with Crippen LogP contribution in [0.1, 0.15) is 13.8 Å². The predicted molar refractivity (Wildman–Crippen MR) is 65.4 cm³/mol. The number of hydrogen-bond acceptors (Lipinski definition) is 7. The molecule has 0 aromatic carbocycles. The normalized spacial score (nSPS) is 19.8. The summed E-state index contributed by atoms with van der Waals surface area (Å²) in [4.78, 5) is 10.9. The second-order valence-corrected chi connectivity index (χ2v) is 4.77. The Hall–Kier alpha value is -0.770. The van der Waals surface area contributed by atoms with Gasteiger partial charge in [0.15, 0.2) is 0 Å². The molecule has 0 aliphatic rings. The third kappa shape index (κ3) is 5.81. The summed E-state index contributed by atoms with van der Waals surface area (Å²) in [5.74, 6) is -1.32. The zero-order valence-electron chi connectivity index (χ0n) is 11.0. The third-order valence-electron chi connectivity index (χ3n) is 2.81. The van der Waals surface area contributed by atoms with Gasteiger partial charge < -0.3 is 36.0 Å². The van der Waals surface area contributed by atoms with E-state index in [9.17, 15) is 20.1 Å². The van der Waals surface area contributed by atoms with E-state index < -0.39 is 43.0 Å². The Bertz CT molecular complexity index is 274. The van der Waals surface area contributed by atoms with Gasteiger partial charge in [-0.15, -0.1) is 0 Å². The van der Waals surface area contributed by atoms with Crippen molar-refractivity contribution in [1.82, 2.24) is 5.32 Å². The SMILES string of the molecule is CC(C)[C@H](NCC(O)C(O)C(O)C(O)CO)C(=O)O. The minimum absolute atomic E-state index is 0.227. The molecule has 8 heteroatoms. The molecule has 0 fully saturated rings. The Morgan fingerprint density at radius 2 is 1.53 bits per heavy atom. The van der Waals surface area contributed by atoms with Crippen molar-refractivity contribution in [3.63, 3.8) is 0 Å². The van der Waals surface area contributed by atoms with E-state index in [2.05, 4.69) is 5.32 Å². The van der Waals surface area contributed by atoms with E-state index in [1.165, 1.54) is 0 Å². The van der Waals surface area contributed by atoms with Gasteiger partial charge in [-0.3, -0.25) is 4.79 Å². The number of aliphatic hydroxyl groups is 5. The van der Waals surface area contributed by atoms with Gasteiger partial charge in [0.1, 0.15) is 24.4 Å². The summed E-state index contributed by atoms with van der Waals surface area (Å²) in [6.07, 6.45) is -6.47. The molecule has 0 amide bonds. The van der Waals surface area contributed by atoms with Gasteiger partial charge in [-0.1, -0.05) is 13.8 Å². The summed E-state index contributed by atoms with van der Waals surface area (Å²) in [5, 5.41) is 57.6. The second kappa shape index (κ2) is 8.41. The third-order valence-corrected chi connectivity index (χ3v) is 2.81. The molecule has 114 valence electrons. The van der Waals surface area contributed by atoms with E-state index in [0.717, 1.165) is 0 Å². The number of nitrogens with one attached hydrogen (secondary N) is 1. The summed E-state index contributed by atoms with van der Waals surface area (Å²) >= 11 is 0. The number of carboxylic acid groups (broad SMARTS) is 1. The van der Waals surface area contributed by atoms with Crippen LogP contribution in [-0.2, 0) is 4.79 Å². The summed E-state index contributed by atoms with van der Waals surface area (Å²) in [7, 11) is 0. The van der Waals surface area contributed by atoms with Gasteiger partial charge >= 0.3 is 5.97 Å². The van der Waals surface area contributed by atoms with Gasteiger partial charge in [-0.05, 0) is 5.92 Å². The van der Waals surface area contributed by atoms with Gasteiger partial charge in [-0.2, -0.15) is 0 Å². The molecule has 0 bridgehead atoms. The number of aliphatic carboxylic acids is 1. The fourth-order valence-corrected chi connectivity index (χ4v) is 1.54. The Morgan fingerprint density at radius 3 is 1.89 bits per heavy atom. The molecule has 0 aliphatic heterocycles. The van der Waals surface area contributed by atoms with E-state index in [-0.39, 0.29) is 12.5 Å². The highest BCUT2D eigenvalue weighted by molar-refractivity contribution is 5.73. The molecule has 0 saturated carbocycles. The number of carboxylic acids is 1. The van der Waals surface area contributed by atoms with Crippen molar-refractivity contribution in [1.29, 1.82) is 0 Å². The molecule has 4 unspecified atom stereocenters. The topological polar surface area (TPSA) is 150 Å². The summed E-state index contributed by atoms with van der Waals surface area (Å²) < 4.78 is 0. The number of aliphatic hydroxyl groups excluding tert-OH is 5. The first-order chi connectivity index (χ1) is 8.72. The van der Waals surface area contributed by atoms with Gasteiger partial charge in [0.05, 0.1) is 12.7 Å². The lowest BCUT2D eigenvalue weighted by Crippen LogP contribution is -2.52. The average Bonchev–Trinajstić information content (AvgIpc) is 2.34. The van der Waals surface area contributed by atoms with Crippen molar-refractivity contribution in [3.8, 4) is 0 Å². The van der Waals surface area contributed by atoms with Crippen LogP contribution in [-0.4, -0.2) is 80.2 Å². The van der Waals surface area contributed by atoms with Gasteiger partial charge in [0, 0.05) is 6.54 Å². The Kier molecular flexibility index (Phi) is 8.07. The predicted octanol–water partition coefficient (Wildman–Crippen LogP) is -2.88. The lowest BCUT2D eigenvalue weighted by Gasteiger charge is -2.27. The van der Waals surface area contributed by atoms with E-state index >= 15 is 0 Å². The maximum Gasteiger partial charge on any atom is 0.320 e. The molecule has 0 saturated heterocycles. The molecule has 0 radical (unpaired) electrons. The van der Waals surface area contributed by atoms with Crippen molar-refractivity contribution in [2.75, 3.05) is 13.2 Å². The monoisotopic (exact) mass is 281 g/mol. The Balaban J connectivity index is 4.36. The highest BCUT2D eigenvalue weighted by Crippen LogP contribution is 2.06. The molecule has 8 nitrogen and oxygen atoms in total. The Labute approximate surface area is 111 Å². The molecule has 7 N–H and O–H groups in total. The number of hydrogen-bond donors (Lipinski definition) is 7. The molecule has 0 aliphatic carbocycles. The number of rotatable bonds is 9. The van der Waals surface area contributed by atoms with E-state index in [4.69, 9.17) is 15.3 Å². The van der Waals surface area contributed by atoms with Crippen LogP contribution < -0.4 is 5.32 Å². The molecule has 5 atom stereocenters. The van der Waals surface area contributed by atoms with Crippen LogP contribution in [0, 0.1) is 5.92 Å². The highest BCUT2D eigenvalue weighted by Gasteiger charge is 2.31. The zero-order chi connectivity index (χ0) is 15.2. The standard InChI is InChI=1S/C11H23NO7/c1-5(2)8(11(18)19)12-3-6(14)9(16)10(17)7(15)4-13/h5-10,12-17H,3-4H2,1-2H3,(H,18,19)/t6?,7?,8-,9?,10?/m0/s1. The molecular weight excluding hydrogens is 258 g/mol. The molecular formula is C11H23NO7. The van der Waals surface area contributed by atoms with Gasteiger partial charge in [0.25, 0.3) is 0 Å². The van der Waals surface area contributed by atoms with Crippen LogP contribution in [0.3, 0.4) is 0 Å². The highest BCUT2D eigenvalue weighted by atomic mass is 16.4.